The van der Waals surface area contributed by atoms with Gasteiger partial charge in [0.25, 0.3) is 0 Å². The van der Waals surface area contributed by atoms with Crippen molar-refractivity contribution >= 4 is 28.3 Å². The first-order chi connectivity index (χ1) is 9.63. The number of hydrogen-bond donors (Lipinski definition) is 2. The Morgan fingerprint density at radius 3 is 3.10 bits per heavy atom. The lowest BCUT2D eigenvalue weighted by molar-refractivity contribution is -0.119. The molecule has 6 heteroatoms. The van der Waals surface area contributed by atoms with Crippen molar-refractivity contribution in [1.82, 2.24) is 15.3 Å². The number of nitrogen functional groups attached to an aromatic ring is 1. The highest BCUT2D eigenvalue weighted by Crippen LogP contribution is 2.27. The van der Waals surface area contributed by atoms with Crippen molar-refractivity contribution in [3.63, 3.8) is 0 Å². The molecule has 104 valence electrons. The Balaban J connectivity index is 1.90. The standard InChI is InChI=1S/C14H17N5O/c1-9(20)18-11-4-5-19(7-11)14-12-3-2-10(15)6-13(12)16-8-17-14/h2-3,6,8,11H,4-5,7,15H2,1H3,(H,18,20). The molecule has 2 heterocycles. The number of nitrogens with two attached hydrogens (primary N) is 1. The van der Waals surface area contributed by atoms with E-state index >= 15 is 0 Å². The molecule has 1 amide bonds. The first kappa shape index (κ1) is 12.7. The van der Waals surface area contributed by atoms with Gasteiger partial charge in [0.15, 0.2) is 0 Å². The molecule has 0 saturated carbocycles. The Morgan fingerprint density at radius 1 is 1.45 bits per heavy atom. The van der Waals surface area contributed by atoms with Crippen LogP contribution in [0.5, 0.6) is 0 Å². The van der Waals surface area contributed by atoms with Gasteiger partial charge >= 0.3 is 0 Å². The van der Waals surface area contributed by atoms with Crippen molar-refractivity contribution in [2.24, 2.45) is 0 Å². The van der Waals surface area contributed by atoms with Crippen LogP contribution >= 0.6 is 0 Å². The van der Waals surface area contributed by atoms with Crippen LogP contribution in [0.4, 0.5) is 11.5 Å². The normalized spacial score (nSPS) is 18.4. The van der Waals surface area contributed by atoms with Crippen LogP contribution in [0.25, 0.3) is 10.9 Å². The molecule has 0 radical (unpaired) electrons. The van der Waals surface area contributed by atoms with Crippen LogP contribution in [-0.2, 0) is 4.79 Å². The van der Waals surface area contributed by atoms with Gasteiger partial charge in [-0.25, -0.2) is 9.97 Å². The van der Waals surface area contributed by atoms with E-state index in [9.17, 15) is 4.79 Å². The van der Waals surface area contributed by atoms with Gasteiger partial charge < -0.3 is 16.0 Å². The van der Waals surface area contributed by atoms with Crippen LogP contribution in [0.3, 0.4) is 0 Å². The fourth-order valence-electron chi connectivity index (χ4n) is 2.67. The summed E-state index contributed by atoms with van der Waals surface area (Å²) < 4.78 is 0. The van der Waals surface area contributed by atoms with E-state index in [-0.39, 0.29) is 11.9 Å². The molecule has 2 aromatic rings. The highest BCUT2D eigenvalue weighted by Gasteiger charge is 2.25. The largest absolute Gasteiger partial charge is 0.399 e. The van der Waals surface area contributed by atoms with Crippen LogP contribution in [0.1, 0.15) is 13.3 Å². The summed E-state index contributed by atoms with van der Waals surface area (Å²) in [6.45, 7) is 3.20. The average Bonchev–Trinajstić information content (AvgIpc) is 2.85. The summed E-state index contributed by atoms with van der Waals surface area (Å²) in [6.07, 6.45) is 2.49. The molecule has 1 aliphatic heterocycles. The van der Waals surface area contributed by atoms with Gasteiger partial charge in [-0.15, -0.1) is 0 Å². The molecule has 0 spiro atoms. The zero-order chi connectivity index (χ0) is 14.1. The molecule has 3 N–H and O–H groups in total. The first-order valence-corrected chi connectivity index (χ1v) is 6.66. The van der Waals surface area contributed by atoms with E-state index in [0.717, 1.165) is 36.2 Å². The van der Waals surface area contributed by atoms with Gasteiger partial charge in [-0.2, -0.15) is 0 Å². The maximum absolute atomic E-state index is 11.1. The van der Waals surface area contributed by atoms with Gasteiger partial charge in [0, 0.05) is 37.1 Å². The summed E-state index contributed by atoms with van der Waals surface area (Å²) >= 11 is 0. The summed E-state index contributed by atoms with van der Waals surface area (Å²) in [6, 6.07) is 5.84. The lowest BCUT2D eigenvalue weighted by Crippen LogP contribution is -2.35. The maximum Gasteiger partial charge on any atom is 0.217 e. The number of nitrogens with one attached hydrogen (secondary N) is 1. The highest BCUT2D eigenvalue weighted by atomic mass is 16.1. The molecule has 1 aromatic heterocycles. The minimum absolute atomic E-state index is 0.0113. The summed E-state index contributed by atoms with van der Waals surface area (Å²) in [5.74, 6) is 0.917. The fraction of sp³-hybridized carbons (Fsp3) is 0.357. The number of aromatic nitrogens is 2. The minimum atomic E-state index is 0.0113. The van der Waals surface area contributed by atoms with Crippen LogP contribution in [0, 0.1) is 0 Å². The van der Waals surface area contributed by atoms with E-state index < -0.39 is 0 Å². The second kappa shape index (κ2) is 4.96. The Bertz CT molecular complexity index is 657. The van der Waals surface area contributed by atoms with Gasteiger partial charge in [-0.05, 0) is 24.6 Å². The van der Waals surface area contributed by atoms with Crippen LogP contribution in [0.2, 0.25) is 0 Å². The van der Waals surface area contributed by atoms with E-state index in [1.54, 1.807) is 13.3 Å². The van der Waals surface area contributed by atoms with Crippen molar-refractivity contribution in [2.75, 3.05) is 23.7 Å². The van der Waals surface area contributed by atoms with Gasteiger partial charge in [-0.1, -0.05) is 0 Å². The summed E-state index contributed by atoms with van der Waals surface area (Å²) in [4.78, 5) is 22.0. The summed E-state index contributed by atoms with van der Waals surface area (Å²) in [5.41, 5.74) is 7.32. The smallest absolute Gasteiger partial charge is 0.217 e. The zero-order valence-electron chi connectivity index (χ0n) is 11.3. The number of nitrogens with zero attached hydrogens (tertiary/aromatic N) is 3. The zero-order valence-corrected chi connectivity index (χ0v) is 11.3. The van der Waals surface area contributed by atoms with Crippen LogP contribution < -0.4 is 16.0 Å². The molecule has 1 aromatic carbocycles. The molecule has 1 fully saturated rings. The van der Waals surface area contributed by atoms with E-state index in [1.165, 1.54) is 0 Å². The molecule has 0 bridgehead atoms. The minimum Gasteiger partial charge on any atom is -0.399 e. The molecule has 1 atom stereocenters. The van der Waals surface area contributed by atoms with Gasteiger partial charge in [0.05, 0.1) is 5.52 Å². The molecular weight excluding hydrogens is 254 g/mol. The third kappa shape index (κ3) is 2.36. The fourth-order valence-corrected chi connectivity index (χ4v) is 2.67. The predicted octanol–water partition coefficient (Wildman–Crippen LogP) is 0.927. The number of benzene rings is 1. The number of carbonyl (C=O) groups excluding carboxylic acids is 1. The van der Waals surface area contributed by atoms with Crippen LogP contribution in [-0.4, -0.2) is 35.0 Å². The quantitative estimate of drug-likeness (QED) is 0.794. The molecule has 1 aliphatic rings. The molecular formula is C14H17N5O. The van der Waals surface area contributed by atoms with Crippen molar-refractivity contribution in [2.45, 2.75) is 19.4 Å². The Hall–Kier alpha value is -2.37. The molecule has 20 heavy (non-hydrogen) atoms. The number of hydrogen-bond acceptors (Lipinski definition) is 5. The SMILES string of the molecule is CC(=O)NC1CCN(c2ncnc3cc(N)ccc23)C1. The molecule has 1 unspecified atom stereocenters. The number of anilines is 2. The van der Waals surface area contributed by atoms with Gasteiger partial charge in [0.1, 0.15) is 12.1 Å². The topological polar surface area (TPSA) is 84.1 Å². The number of carbonyl (C=O) groups is 1. The second-order valence-electron chi connectivity index (χ2n) is 5.11. The second-order valence-corrected chi connectivity index (χ2v) is 5.11. The molecule has 0 aliphatic carbocycles. The highest BCUT2D eigenvalue weighted by molar-refractivity contribution is 5.91. The van der Waals surface area contributed by atoms with E-state index in [1.807, 2.05) is 18.2 Å². The number of rotatable bonds is 2. The molecule has 6 nitrogen and oxygen atoms in total. The Morgan fingerprint density at radius 2 is 2.30 bits per heavy atom. The summed E-state index contributed by atoms with van der Waals surface area (Å²) in [5, 5.41) is 3.95. The summed E-state index contributed by atoms with van der Waals surface area (Å²) in [7, 11) is 0. The predicted molar refractivity (Wildman–Crippen MR) is 78.4 cm³/mol. The third-order valence-corrected chi connectivity index (χ3v) is 3.53. The van der Waals surface area contributed by atoms with Crippen molar-refractivity contribution < 1.29 is 4.79 Å². The Kier molecular flexibility index (Phi) is 3.14. The van der Waals surface area contributed by atoms with E-state index in [2.05, 4.69) is 20.2 Å². The first-order valence-electron chi connectivity index (χ1n) is 6.66. The lowest BCUT2D eigenvalue weighted by atomic mass is 10.2. The average molecular weight is 271 g/mol. The van der Waals surface area contributed by atoms with Crippen molar-refractivity contribution in [3.8, 4) is 0 Å². The monoisotopic (exact) mass is 271 g/mol. The Labute approximate surface area is 117 Å². The lowest BCUT2D eigenvalue weighted by Gasteiger charge is -2.19. The van der Waals surface area contributed by atoms with Gasteiger partial charge in [-0.3, -0.25) is 4.79 Å². The maximum atomic E-state index is 11.1. The number of amides is 1. The van der Waals surface area contributed by atoms with Crippen molar-refractivity contribution in [3.05, 3.63) is 24.5 Å². The third-order valence-electron chi connectivity index (χ3n) is 3.53. The van der Waals surface area contributed by atoms with E-state index in [4.69, 9.17) is 5.73 Å². The van der Waals surface area contributed by atoms with Gasteiger partial charge in [0.2, 0.25) is 5.91 Å². The van der Waals surface area contributed by atoms with E-state index in [0.29, 0.717) is 5.69 Å². The molecule has 3 rings (SSSR count). The number of fused-ring (bicyclic) bond motifs is 1. The van der Waals surface area contributed by atoms with Crippen LogP contribution in [0.15, 0.2) is 24.5 Å². The molecule has 1 saturated heterocycles. The van der Waals surface area contributed by atoms with Crippen molar-refractivity contribution in [1.29, 1.82) is 0 Å².